The predicted octanol–water partition coefficient (Wildman–Crippen LogP) is 3.88. The van der Waals surface area contributed by atoms with E-state index in [-0.39, 0.29) is 35.1 Å². The van der Waals surface area contributed by atoms with E-state index in [9.17, 15) is 19.5 Å². The van der Waals surface area contributed by atoms with Gasteiger partial charge in [-0.25, -0.2) is 0 Å². The zero-order chi connectivity index (χ0) is 27.2. The zero-order valence-electron chi connectivity index (χ0n) is 20.0. The fraction of sp³-hybridized carbons (Fsp3) is 0.111. The molecule has 38 heavy (non-hydrogen) atoms. The van der Waals surface area contributed by atoms with Crippen LogP contribution in [0.2, 0.25) is 5.02 Å². The third kappa shape index (κ3) is 5.93. The Balaban J connectivity index is 1.79. The summed E-state index contributed by atoms with van der Waals surface area (Å²) in [5, 5.41) is 13.1. The highest BCUT2D eigenvalue weighted by Gasteiger charge is 2.35. The number of primary amides is 1. The van der Waals surface area contributed by atoms with E-state index in [0.29, 0.717) is 16.1 Å². The zero-order valence-corrected chi connectivity index (χ0v) is 21.6. The number of nitrogens with one attached hydrogen (secondary N) is 1. The van der Waals surface area contributed by atoms with Gasteiger partial charge in [-0.1, -0.05) is 72.3 Å². The third-order valence-electron chi connectivity index (χ3n) is 5.79. The van der Waals surface area contributed by atoms with Crippen molar-refractivity contribution < 1.29 is 19.5 Å². The Morgan fingerprint density at radius 1 is 1.00 bits per heavy atom. The number of hydrogen-bond acceptors (Lipinski definition) is 7. The molecule has 0 radical (unpaired) electrons. The molecule has 3 amide bonds. The van der Waals surface area contributed by atoms with Crippen LogP contribution in [-0.2, 0) is 17.9 Å². The number of phenols is 1. The molecule has 1 aromatic heterocycles. The minimum absolute atomic E-state index is 0.000949. The standard InChI is InChI=1S/C27H24ClN5O4S/c28-20-9-5-4-8-18(20)15-33(27(37)24-21(29)22(25(30)35)32-38-24)23(17-10-12-19(34)13-11-17)26(36)31-14-16-6-2-1-3-7-16/h1-13,23,34H,14-15,29H2,(H2,30,35)(H,31,36). The number of rotatable bonds is 9. The van der Waals surface area contributed by atoms with Gasteiger partial charge in [-0.2, -0.15) is 4.37 Å². The van der Waals surface area contributed by atoms with Gasteiger partial charge in [-0.15, -0.1) is 0 Å². The third-order valence-corrected chi connectivity index (χ3v) is 7.01. The number of hydrogen-bond donors (Lipinski definition) is 4. The molecule has 11 heteroatoms. The summed E-state index contributed by atoms with van der Waals surface area (Å²) in [4.78, 5) is 40.7. The summed E-state index contributed by atoms with van der Waals surface area (Å²) in [6.45, 7) is 0.156. The number of nitrogens with two attached hydrogens (primary N) is 2. The topological polar surface area (TPSA) is 152 Å². The number of phenolic OH excluding ortho intramolecular Hbond substituents is 1. The van der Waals surface area contributed by atoms with Crippen LogP contribution in [-0.4, -0.2) is 32.1 Å². The minimum atomic E-state index is -1.15. The van der Waals surface area contributed by atoms with Crippen molar-refractivity contribution in [1.82, 2.24) is 14.6 Å². The molecule has 194 valence electrons. The Morgan fingerprint density at radius 2 is 1.66 bits per heavy atom. The molecule has 4 rings (SSSR count). The fourth-order valence-electron chi connectivity index (χ4n) is 3.86. The first-order valence-corrected chi connectivity index (χ1v) is 12.6. The number of aromatic nitrogens is 1. The second-order valence-corrected chi connectivity index (χ2v) is 9.54. The molecule has 9 nitrogen and oxygen atoms in total. The summed E-state index contributed by atoms with van der Waals surface area (Å²) in [7, 11) is 0. The van der Waals surface area contributed by atoms with Crippen LogP contribution >= 0.6 is 23.1 Å². The van der Waals surface area contributed by atoms with Gasteiger partial charge in [0.2, 0.25) is 5.91 Å². The van der Waals surface area contributed by atoms with Crippen molar-refractivity contribution in [3.05, 3.63) is 111 Å². The highest BCUT2D eigenvalue weighted by atomic mass is 35.5. The van der Waals surface area contributed by atoms with E-state index < -0.39 is 23.8 Å². The number of carbonyl (C=O) groups excluding carboxylic acids is 3. The molecule has 3 aromatic carbocycles. The normalized spacial score (nSPS) is 11.5. The summed E-state index contributed by atoms with van der Waals surface area (Å²) in [6, 6.07) is 21.1. The number of amides is 3. The summed E-state index contributed by atoms with van der Waals surface area (Å²) in [6.07, 6.45) is 0. The fourth-order valence-corrected chi connectivity index (χ4v) is 4.82. The predicted molar refractivity (Wildman–Crippen MR) is 146 cm³/mol. The molecule has 4 aromatic rings. The Labute approximate surface area is 227 Å². The van der Waals surface area contributed by atoms with Crippen LogP contribution in [0.5, 0.6) is 5.75 Å². The average molecular weight is 550 g/mol. The molecule has 0 fully saturated rings. The van der Waals surface area contributed by atoms with Crippen molar-refractivity contribution in [3.63, 3.8) is 0 Å². The number of halogens is 1. The van der Waals surface area contributed by atoms with Gasteiger partial charge < -0.3 is 26.8 Å². The Hall–Kier alpha value is -4.41. The number of carbonyl (C=O) groups is 3. The molecule has 1 heterocycles. The smallest absolute Gasteiger partial charge is 0.270 e. The van der Waals surface area contributed by atoms with Crippen LogP contribution in [0.1, 0.15) is 42.9 Å². The maximum Gasteiger partial charge on any atom is 0.270 e. The second kappa shape index (κ2) is 11.8. The maximum absolute atomic E-state index is 14.0. The van der Waals surface area contributed by atoms with Gasteiger partial charge in [0.15, 0.2) is 5.69 Å². The number of anilines is 1. The molecule has 0 saturated heterocycles. The second-order valence-electron chi connectivity index (χ2n) is 8.36. The lowest BCUT2D eigenvalue weighted by molar-refractivity contribution is -0.126. The van der Waals surface area contributed by atoms with Gasteiger partial charge in [0, 0.05) is 18.1 Å². The van der Waals surface area contributed by atoms with E-state index in [0.717, 1.165) is 17.1 Å². The van der Waals surface area contributed by atoms with E-state index in [1.165, 1.54) is 17.0 Å². The van der Waals surface area contributed by atoms with Crippen LogP contribution in [0.25, 0.3) is 0 Å². The van der Waals surface area contributed by atoms with E-state index in [4.69, 9.17) is 23.1 Å². The molecule has 0 aliphatic heterocycles. The van der Waals surface area contributed by atoms with Crippen LogP contribution in [0.15, 0.2) is 78.9 Å². The molecule has 6 N–H and O–H groups in total. The summed E-state index contributed by atoms with van der Waals surface area (Å²) < 4.78 is 3.94. The Morgan fingerprint density at radius 3 is 2.29 bits per heavy atom. The van der Waals surface area contributed by atoms with E-state index in [1.54, 1.807) is 36.4 Å². The number of nitrogens with zero attached hydrogens (tertiary/aromatic N) is 2. The van der Waals surface area contributed by atoms with Crippen molar-refractivity contribution in [1.29, 1.82) is 0 Å². The highest BCUT2D eigenvalue weighted by Crippen LogP contribution is 2.32. The van der Waals surface area contributed by atoms with Gasteiger partial charge in [-0.05, 0) is 46.4 Å². The maximum atomic E-state index is 14.0. The van der Waals surface area contributed by atoms with Crippen LogP contribution in [0, 0.1) is 0 Å². The quantitative estimate of drug-likeness (QED) is 0.248. The Bertz CT molecular complexity index is 1460. The van der Waals surface area contributed by atoms with Crippen molar-refractivity contribution in [2.45, 2.75) is 19.1 Å². The monoisotopic (exact) mass is 549 g/mol. The summed E-state index contributed by atoms with van der Waals surface area (Å²) in [5.74, 6) is -1.98. The van der Waals surface area contributed by atoms with Gasteiger partial charge in [0.1, 0.15) is 16.7 Å². The first kappa shape index (κ1) is 26.6. The van der Waals surface area contributed by atoms with E-state index >= 15 is 0 Å². The van der Waals surface area contributed by atoms with Gasteiger partial charge in [-0.3, -0.25) is 14.4 Å². The summed E-state index contributed by atoms with van der Waals surface area (Å²) in [5.41, 5.74) is 12.9. The molecule has 1 unspecified atom stereocenters. The average Bonchev–Trinajstić information content (AvgIpc) is 3.31. The molecule has 0 saturated carbocycles. The highest BCUT2D eigenvalue weighted by molar-refractivity contribution is 7.09. The SMILES string of the molecule is NC(=O)c1nsc(C(=O)N(Cc2ccccc2Cl)C(C(=O)NCc2ccccc2)c2ccc(O)cc2)c1N. The van der Waals surface area contributed by atoms with Crippen molar-refractivity contribution in [3.8, 4) is 5.75 Å². The van der Waals surface area contributed by atoms with E-state index in [2.05, 4.69) is 9.69 Å². The lowest BCUT2D eigenvalue weighted by Gasteiger charge is -2.31. The molecule has 0 aliphatic carbocycles. The van der Waals surface area contributed by atoms with Gasteiger partial charge >= 0.3 is 0 Å². The van der Waals surface area contributed by atoms with Gasteiger partial charge in [0.05, 0.1) is 5.69 Å². The number of benzene rings is 3. The molecule has 0 aliphatic rings. The molecule has 1 atom stereocenters. The molecule has 0 spiro atoms. The number of aromatic hydroxyl groups is 1. The van der Waals surface area contributed by atoms with E-state index in [1.807, 2.05) is 30.3 Å². The number of nitrogen functional groups attached to an aromatic ring is 1. The molecular weight excluding hydrogens is 526 g/mol. The van der Waals surface area contributed by atoms with Crippen LogP contribution in [0.4, 0.5) is 5.69 Å². The largest absolute Gasteiger partial charge is 0.508 e. The van der Waals surface area contributed by atoms with Crippen LogP contribution in [0.3, 0.4) is 0 Å². The first-order valence-electron chi connectivity index (χ1n) is 11.5. The first-order chi connectivity index (χ1) is 18.3. The van der Waals surface area contributed by atoms with Crippen molar-refractivity contribution >= 4 is 46.5 Å². The lowest BCUT2D eigenvalue weighted by Crippen LogP contribution is -2.43. The van der Waals surface area contributed by atoms with Crippen LogP contribution < -0.4 is 16.8 Å². The van der Waals surface area contributed by atoms with Crippen molar-refractivity contribution in [2.24, 2.45) is 5.73 Å². The Kier molecular flexibility index (Phi) is 8.25. The summed E-state index contributed by atoms with van der Waals surface area (Å²) >= 11 is 7.14. The van der Waals surface area contributed by atoms with Gasteiger partial charge in [0.25, 0.3) is 11.8 Å². The lowest BCUT2D eigenvalue weighted by atomic mass is 10.0. The molecular formula is C27H24ClN5O4S. The molecule has 0 bridgehead atoms. The van der Waals surface area contributed by atoms with Crippen molar-refractivity contribution in [2.75, 3.05) is 5.73 Å². The minimum Gasteiger partial charge on any atom is -0.508 e.